The van der Waals surface area contributed by atoms with Gasteiger partial charge in [0.1, 0.15) is 17.2 Å². The third-order valence-corrected chi connectivity index (χ3v) is 7.37. The quantitative estimate of drug-likeness (QED) is 0.295. The Kier molecular flexibility index (Phi) is 6.62. The van der Waals surface area contributed by atoms with Crippen molar-refractivity contribution in [2.45, 2.75) is 44.8 Å². The van der Waals surface area contributed by atoms with Crippen LogP contribution in [-0.4, -0.2) is 61.9 Å². The standard InChI is InChI=1S/C26H33N7O3/c1-16-6-5-13-33(16)24(34)26(2,32(4)25(35)36)18-9-12-21-20(14-18)30-22(31(21)3)15-29-19-10-7-17(8-11-19)23(27)28/h7-12,14,16,29H,5-6,13,15H2,1-4H3,(H3,27,28)(H,35,36)/t16?,26-/m1/s1. The number of carboxylic acid groups (broad SMARTS) is 1. The monoisotopic (exact) mass is 491 g/mol. The number of nitrogen functional groups attached to an aromatic ring is 1. The molecule has 1 aliphatic heterocycles. The maximum Gasteiger partial charge on any atom is 0.408 e. The van der Waals surface area contributed by atoms with Crippen LogP contribution in [-0.2, 0) is 23.9 Å². The molecule has 0 saturated carbocycles. The number of nitrogens with two attached hydrogens (primary N) is 1. The van der Waals surface area contributed by atoms with E-state index in [1.165, 1.54) is 7.05 Å². The molecular weight excluding hydrogens is 458 g/mol. The zero-order valence-corrected chi connectivity index (χ0v) is 21.1. The van der Waals surface area contributed by atoms with Crippen LogP contribution in [0.25, 0.3) is 11.0 Å². The van der Waals surface area contributed by atoms with E-state index in [1.54, 1.807) is 24.0 Å². The molecule has 2 aromatic carbocycles. The molecule has 2 atom stereocenters. The third kappa shape index (κ3) is 4.34. The van der Waals surface area contributed by atoms with Crippen LogP contribution < -0.4 is 11.1 Å². The summed E-state index contributed by atoms with van der Waals surface area (Å²) < 4.78 is 1.97. The molecule has 1 aromatic heterocycles. The molecule has 0 bridgehead atoms. The average molecular weight is 492 g/mol. The van der Waals surface area contributed by atoms with Crippen LogP contribution in [0.1, 0.15) is 43.6 Å². The van der Waals surface area contributed by atoms with Crippen LogP contribution in [0.15, 0.2) is 42.5 Å². The van der Waals surface area contributed by atoms with Gasteiger partial charge in [-0.25, -0.2) is 9.78 Å². The van der Waals surface area contributed by atoms with Crippen molar-refractivity contribution >= 4 is 34.6 Å². The maximum atomic E-state index is 13.7. The van der Waals surface area contributed by atoms with Crippen molar-refractivity contribution in [3.05, 3.63) is 59.4 Å². The van der Waals surface area contributed by atoms with E-state index in [4.69, 9.17) is 16.1 Å². The summed E-state index contributed by atoms with van der Waals surface area (Å²) in [5.74, 6) is 0.583. The van der Waals surface area contributed by atoms with E-state index in [9.17, 15) is 14.7 Å². The van der Waals surface area contributed by atoms with Gasteiger partial charge in [0.15, 0.2) is 0 Å². The van der Waals surface area contributed by atoms with Gasteiger partial charge >= 0.3 is 6.09 Å². The molecule has 0 aliphatic carbocycles. The summed E-state index contributed by atoms with van der Waals surface area (Å²) in [6, 6.07) is 12.9. The Hall–Kier alpha value is -4.08. The van der Waals surface area contributed by atoms with Crippen molar-refractivity contribution in [2.24, 2.45) is 12.8 Å². The van der Waals surface area contributed by atoms with Crippen LogP contribution in [0.3, 0.4) is 0 Å². The first-order valence-electron chi connectivity index (χ1n) is 12.0. The lowest BCUT2D eigenvalue weighted by atomic mass is 9.88. The molecule has 3 aromatic rings. The van der Waals surface area contributed by atoms with Gasteiger partial charge in [-0.3, -0.25) is 15.1 Å². The van der Waals surface area contributed by atoms with Gasteiger partial charge < -0.3 is 25.6 Å². The van der Waals surface area contributed by atoms with Gasteiger partial charge in [-0.2, -0.15) is 0 Å². The van der Waals surface area contributed by atoms with Gasteiger partial charge in [0, 0.05) is 37.9 Å². The van der Waals surface area contributed by atoms with E-state index in [2.05, 4.69) is 5.32 Å². The molecule has 0 radical (unpaired) electrons. The second-order valence-corrected chi connectivity index (χ2v) is 9.54. The molecule has 190 valence electrons. The molecule has 0 spiro atoms. The number of hydrogen-bond donors (Lipinski definition) is 4. The summed E-state index contributed by atoms with van der Waals surface area (Å²) in [4.78, 5) is 33.4. The highest BCUT2D eigenvalue weighted by Crippen LogP contribution is 2.34. The van der Waals surface area contributed by atoms with E-state index < -0.39 is 11.6 Å². The average Bonchev–Trinajstić information content (AvgIpc) is 3.43. The Morgan fingerprint density at radius 1 is 1.28 bits per heavy atom. The number of benzene rings is 2. The normalized spacial score (nSPS) is 17.1. The molecule has 10 nitrogen and oxygen atoms in total. The minimum Gasteiger partial charge on any atom is -0.465 e. The lowest BCUT2D eigenvalue weighted by Gasteiger charge is -2.40. The second kappa shape index (κ2) is 9.52. The van der Waals surface area contributed by atoms with Gasteiger partial charge in [0.25, 0.3) is 5.91 Å². The summed E-state index contributed by atoms with van der Waals surface area (Å²) in [5, 5.41) is 20.7. The van der Waals surface area contributed by atoms with Crippen LogP contribution in [0.4, 0.5) is 10.5 Å². The minimum absolute atomic E-state index is 0.0194. The van der Waals surface area contributed by atoms with Gasteiger partial charge in [0.2, 0.25) is 0 Å². The summed E-state index contributed by atoms with van der Waals surface area (Å²) in [6.07, 6.45) is 0.651. The zero-order valence-electron chi connectivity index (χ0n) is 21.1. The molecule has 1 fully saturated rings. The van der Waals surface area contributed by atoms with Crippen LogP contribution >= 0.6 is 0 Å². The van der Waals surface area contributed by atoms with Crippen molar-refractivity contribution in [2.75, 3.05) is 18.9 Å². The Bertz CT molecular complexity index is 1320. The topological polar surface area (TPSA) is 141 Å². The first-order valence-corrected chi connectivity index (χ1v) is 12.0. The van der Waals surface area contributed by atoms with Crippen molar-refractivity contribution < 1.29 is 14.7 Å². The zero-order chi connectivity index (χ0) is 26.2. The Labute approximate surface area is 210 Å². The first-order chi connectivity index (χ1) is 17.0. The number of anilines is 1. The number of amides is 2. The number of carbonyl (C=O) groups excluding carboxylic acids is 1. The molecule has 5 N–H and O–H groups in total. The summed E-state index contributed by atoms with van der Waals surface area (Å²) >= 11 is 0. The number of imidazole rings is 1. The van der Waals surface area contributed by atoms with E-state index in [-0.39, 0.29) is 17.8 Å². The number of fused-ring (bicyclic) bond motifs is 1. The lowest BCUT2D eigenvalue weighted by molar-refractivity contribution is -0.143. The fourth-order valence-corrected chi connectivity index (χ4v) is 4.83. The molecule has 1 aliphatic rings. The van der Waals surface area contributed by atoms with E-state index in [0.29, 0.717) is 29.7 Å². The van der Waals surface area contributed by atoms with Crippen molar-refractivity contribution in [3.63, 3.8) is 0 Å². The van der Waals surface area contributed by atoms with Gasteiger partial charge in [0.05, 0.1) is 17.6 Å². The highest BCUT2D eigenvalue weighted by molar-refractivity contribution is 5.95. The number of aromatic nitrogens is 2. The Balaban J connectivity index is 1.65. The molecule has 36 heavy (non-hydrogen) atoms. The minimum atomic E-state index is -1.38. The van der Waals surface area contributed by atoms with E-state index >= 15 is 0 Å². The molecule has 1 unspecified atom stereocenters. The molecule has 10 heteroatoms. The Morgan fingerprint density at radius 2 is 1.97 bits per heavy atom. The first kappa shape index (κ1) is 25.0. The fraction of sp³-hybridized carbons (Fsp3) is 0.385. The largest absolute Gasteiger partial charge is 0.465 e. The summed E-state index contributed by atoms with van der Waals surface area (Å²) in [7, 11) is 3.36. The highest BCUT2D eigenvalue weighted by atomic mass is 16.4. The van der Waals surface area contributed by atoms with Gasteiger partial charge in [-0.15, -0.1) is 0 Å². The SMILES string of the molecule is CC1CCCN1C(=O)[C@@](C)(c1ccc2c(c1)nc(CNc1ccc(C(=N)N)cc1)n2C)N(C)C(=O)O. The smallest absolute Gasteiger partial charge is 0.408 e. The predicted octanol–water partition coefficient (Wildman–Crippen LogP) is 3.31. The van der Waals surface area contributed by atoms with Crippen LogP contribution in [0, 0.1) is 5.41 Å². The number of hydrogen-bond acceptors (Lipinski definition) is 5. The fourth-order valence-electron chi connectivity index (χ4n) is 4.83. The van der Waals surface area contributed by atoms with Crippen LogP contribution in [0.5, 0.6) is 0 Å². The molecule has 2 amide bonds. The number of carbonyl (C=O) groups is 2. The number of rotatable bonds is 7. The van der Waals surface area contributed by atoms with Crippen LogP contribution in [0.2, 0.25) is 0 Å². The summed E-state index contributed by atoms with van der Waals surface area (Å²) in [5.41, 5.74) is 7.81. The predicted molar refractivity (Wildman–Crippen MR) is 139 cm³/mol. The molecule has 4 rings (SSSR count). The Morgan fingerprint density at radius 3 is 2.56 bits per heavy atom. The lowest BCUT2D eigenvalue weighted by Crippen LogP contribution is -2.56. The maximum absolute atomic E-state index is 13.7. The summed E-state index contributed by atoms with van der Waals surface area (Å²) in [6.45, 7) is 4.75. The number of likely N-dealkylation sites (tertiary alicyclic amines) is 1. The van der Waals surface area contributed by atoms with E-state index in [1.807, 2.05) is 48.9 Å². The molecular formula is C26H33N7O3. The molecule has 2 heterocycles. The number of aryl methyl sites for hydroxylation is 1. The van der Waals surface area contributed by atoms with E-state index in [0.717, 1.165) is 34.8 Å². The third-order valence-electron chi connectivity index (χ3n) is 7.37. The van der Waals surface area contributed by atoms with Gasteiger partial charge in [-0.05, 0) is 68.7 Å². The number of likely N-dealkylation sites (N-methyl/N-ethyl adjacent to an activating group) is 1. The van der Waals surface area contributed by atoms with Crippen molar-refractivity contribution in [3.8, 4) is 0 Å². The number of nitrogens with one attached hydrogen (secondary N) is 2. The molecule has 1 saturated heterocycles. The van der Waals surface area contributed by atoms with Crippen molar-refractivity contribution in [1.82, 2.24) is 19.4 Å². The number of nitrogens with zero attached hydrogens (tertiary/aromatic N) is 4. The second-order valence-electron chi connectivity index (χ2n) is 9.54. The van der Waals surface area contributed by atoms with Gasteiger partial charge in [-0.1, -0.05) is 6.07 Å². The highest BCUT2D eigenvalue weighted by Gasteiger charge is 2.46. The van der Waals surface area contributed by atoms with Crippen molar-refractivity contribution in [1.29, 1.82) is 5.41 Å². The number of amidine groups is 1.